The second kappa shape index (κ2) is 7.22. The predicted octanol–water partition coefficient (Wildman–Crippen LogP) is 2.81. The summed E-state index contributed by atoms with van der Waals surface area (Å²) in [5.41, 5.74) is 0.0874. The molecule has 2 aromatic rings. The maximum Gasteiger partial charge on any atom is 0.246 e. The van der Waals surface area contributed by atoms with Gasteiger partial charge in [-0.25, -0.2) is 13.2 Å². The molecule has 4 nitrogen and oxygen atoms in total. The fourth-order valence-electron chi connectivity index (χ4n) is 4.27. The minimum Gasteiger partial charge on any atom is -0.369 e. The first-order valence-corrected chi connectivity index (χ1v) is 9.25. The van der Waals surface area contributed by atoms with Crippen molar-refractivity contribution >= 4 is 5.91 Å². The summed E-state index contributed by atoms with van der Waals surface area (Å²) in [7, 11) is 0. The molecular weight excluding hydrogens is 369 g/mol. The molecule has 4 rings (SSSR count). The molecule has 0 aromatic heterocycles. The van der Waals surface area contributed by atoms with Crippen molar-refractivity contribution in [3.8, 4) is 11.1 Å². The highest BCUT2D eigenvalue weighted by Gasteiger charge is 2.51. The number of halogens is 3. The highest BCUT2D eigenvalue weighted by Crippen LogP contribution is 2.33. The first-order valence-electron chi connectivity index (χ1n) is 9.25. The molecule has 0 radical (unpaired) electrons. The van der Waals surface area contributed by atoms with E-state index in [1.165, 1.54) is 6.07 Å². The number of nitrogens with one attached hydrogen (secondary N) is 2. The molecule has 2 aromatic carbocycles. The molecule has 0 aliphatic carbocycles. The van der Waals surface area contributed by atoms with Gasteiger partial charge in [-0.15, -0.1) is 0 Å². The highest BCUT2D eigenvalue weighted by atomic mass is 19.1. The van der Waals surface area contributed by atoms with Crippen molar-refractivity contribution in [3.63, 3.8) is 0 Å². The van der Waals surface area contributed by atoms with E-state index in [2.05, 4.69) is 10.6 Å². The molecule has 2 fully saturated rings. The van der Waals surface area contributed by atoms with Crippen molar-refractivity contribution in [3.05, 3.63) is 59.4 Å². The van der Waals surface area contributed by atoms with Crippen LogP contribution in [-0.4, -0.2) is 37.2 Å². The molecule has 2 saturated heterocycles. The second-order valence-electron chi connectivity index (χ2n) is 7.58. The van der Waals surface area contributed by atoms with E-state index in [4.69, 9.17) is 4.74 Å². The maximum absolute atomic E-state index is 15.2. The number of rotatable bonds is 3. The molecule has 0 bridgehead atoms. The maximum atomic E-state index is 15.2. The fraction of sp³-hybridized carbons (Fsp3) is 0.381. The van der Waals surface area contributed by atoms with Gasteiger partial charge in [0.05, 0.1) is 12.1 Å². The van der Waals surface area contributed by atoms with Gasteiger partial charge >= 0.3 is 0 Å². The van der Waals surface area contributed by atoms with E-state index in [1.54, 1.807) is 12.1 Å². The van der Waals surface area contributed by atoms with Crippen LogP contribution >= 0.6 is 0 Å². The Bertz CT molecular complexity index is 900. The van der Waals surface area contributed by atoms with Crippen molar-refractivity contribution in [1.29, 1.82) is 0 Å². The molecular formula is C21H21F3N2O2. The molecule has 2 aliphatic rings. The van der Waals surface area contributed by atoms with Gasteiger partial charge in [-0.1, -0.05) is 25.1 Å². The molecule has 1 amide bonds. The van der Waals surface area contributed by atoms with Gasteiger partial charge < -0.3 is 15.4 Å². The number of carbonyl (C=O) groups excluding carboxylic acids is 1. The summed E-state index contributed by atoms with van der Waals surface area (Å²) in [6.07, 6.45) is 0.311. The lowest BCUT2D eigenvalue weighted by Crippen LogP contribution is -2.66. The SMILES string of the molecule is CC1CNC(Cc2cccc(-c3cc(F)cc(F)c3)c2F)C12COCC(=O)N2. The van der Waals surface area contributed by atoms with E-state index in [0.29, 0.717) is 25.1 Å². The number of hydrogen-bond donors (Lipinski definition) is 2. The van der Waals surface area contributed by atoms with Crippen LogP contribution in [0, 0.1) is 23.4 Å². The molecule has 148 valence electrons. The minimum atomic E-state index is -0.757. The molecule has 3 atom stereocenters. The van der Waals surface area contributed by atoms with E-state index < -0.39 is 23.0 Å². The average Bonchev–Trinajstić information content (AvgIpc) is 2.91. The second-order valence-corrected chi connectivity index (χ2v) is 7.58. The zero-order valence-electron chi connectivity index (χ0n) is 15.4. The van der Waals surface area contributed by atoms with Gasteiger partial charge in [-0.3, -0.25) is 4.79 Å². The summed E-state index contributed by atoms with van der Waals surface area (Å²) in [6.45, 7) is 3.07. The van der Waals surface area contributed by atoms with Crippen molar-refractivity contribution in [2.24, 2.45) is 5.92 Å². The van der Waals surface area contributed by atoms with Crippen LogP contribution in [0.4, 0.5) is 13.2 Å². The summed E-state index contributed by atoms with van der Waals surface area (Å²) in [5, 5.41) is 6.40. The van der Waals surface area contributed by atoms with E-state index in [-0.39, 0.29) is 35.6 Å². The Morgan fingerprint density at radius 2 is 1.93 bits per heavy atom. The zero-order chi connectivity index (χ0) is 19.9. The summed E-state index contributed by atoms with van der Waals surface area (Å²) < 4.78 is 47.8. The number of morpholine rings is 1. The summed E-state index contributed by atoms with van der Waals surface area (Å²) in [4.78, 5) is 11.9. The van der Waals surface area contributed by atoms with Crippen LogP contribution in [0.2, 0.25) is 0 Å². The van der Waals surface area contributed by atoms with E-state index in [9.17, 15) is 13.6 Å². The summed E-state index contributed by atoms with van der Waals surface area (Å²) >= 11 is 0. The Hall–Kier alpha value is -2.38. The number of ether oxygens (including phenoxy) is 1. The molecule has 28 heavy (non-hydrogen) atoms. The van der Waals surface area contributed by atoms with E-state index in [1.807, 2.05) is 6.92 Å². The third-order valence-corrected chi connectivity index (χ3v) is 5.79. The fourth-order valence-corrected chi connectivity index (χ4v) is 4.27. The van der Waals surface area contributed by atoms with Gasteiger partial charge in [0.1, 0.15) is 24.1 Å². The zero-order valence-corrected chi connectivity index (χ0v) is 15.4. The number of hydrogen-bond acceptors (Lipinski definition) is 3. The first kappa shape index (κ1) is 19.0. The molecule has 2 N–H and O–H groups in total. The lowest BCUT2D eigenvalue weighted by Gasteiger charge is -2.42. The standard InChI is InChI=1S/C21H21F3N2O2/c1-12-9-25-18(21(12)11-28-10-19(27)26-21)7-13-3-2-4-17(20(13)24)14-5-15(22)8-16(23)6-14/h2-6,8,12,18,25H,7,9-11H2,1H3,(H,26,27). The van der Waals surface area contributed by atoms with Gasteiger partial charge in [0.2, 0.25) is 5.91 Å². The van der Waals surface area contributed by atoms with Gasteiger partial charge in [0, 0.05) is 24.2 Å². The summed E-state index contributed by atoms with van der Waals surface area (Å²) in [6, 6.07) is 7.57. The van der Waals surface area contributed by atoms with E-state index >= 15 is 4.39 Å². The van der Waals surface area contributed by atoms with Crippen molar-refractivity contribution in [2.75, 3.05) is 19.8 Å². The third-order valence-electron chi connectivity index (χ3n) is 5.79. The van der Waals surface area contributed by atoms with Crippen LogP contribution in [0.1, 0.15) is 12.5 Å². The highest BCUT2D eigenvalue weighted by molar-refractivity contribution is 5.79. The average molecular weight is 390 g/mol. The lowest BCUT2D eigenvalue weighted by atomic mass is 9.79. The first-order chi connectivity index (χ1) is 13.4. The molecule has 0 saturated carbocycles. The molecule has 7 heteroatoms. The van der Waals surface area contributed by atoms with Crippen LogP contribution in [0.3, 0.4) is 0 Å². The Kier molecular flexibility index (Phi) is 4.89. The Morgan fingerprint density at radius 3 is 2.64 bits per heavy atom. The minimum absolute atomic E-state index is 0.0240. The van der Waals surface area contributed by atoms with Crippen molar-refractivity contribution < 1.29 is 22.7 Å². The normalized spacial score (nSPS) is 27.2. The van der Waals surface area contributed by atoms with Gasteiger partial charge in [-0.05, 0) is 35.6 Å². The molecule has 3 unspecified atom stereocenters. The van der Waals surface area contributed by atoms with E-state index in [0.717, 1.165) is 18.2 Å². The smallest absolute Gasteiger partial charge is 0.246 e. The number of amides is 1. The predicted molar refractivity (Wildman–Crippen MR) is 98.1 cm³/mol. The van der Waals surface area contributed by atoms with Crippen LogP contribution in [0.25, 0.3) is 11.1 Å². The van der Waals surface area contributed by atoms with Gasteiger partial charge in [0.15, 0.2) is 0 Å². The third kappa shape index (κ3) is 3.29. The lowest BCUT2D eigenvalue weighted by molar-refractivity contribution is -0.137. The van der Waals surface area contributed by atoms with Crippen LogP contribution in [-0.2, 0) is 16.0 Å². The van der Waals surface area contributed by atoms with Crippen molar-refractivity contribution in [1.82, 2.24) is 10.6 Å². The molecule has 1 spiro atoms. The van der Waals surface area contributed by atoms with Crippen molar-refractivity contribution in [2.45, 2.75) is 24.9 Å². The largest absolute Gasteiger partial charge is 0.369 e. The Labute approximate surface area is 161 Å². The Morgan fingerprint density at radius 1 is 1.18 bits per heavy atom. The van der Waals surface area contributed by atoms with Gasteiger partial charge in [-0.2, -0.15) is 0 Å². The quantitative estimate of drug-likeness (QED) is 0.848. The number of carbonyl (C=O) groups is 1. The number of benzene rings is 2. The van der Waals surface area contributed by atoms with Gasteiger partial charge in [0.25, 0.3) is 0 Å². The Balaban J connectivity index is 1.66. The molecule has 2 aliphatic heterocycles. The summed E-state index contributed by atoms with van der Waals surface area (Å²) in [5.74, 6) is -2.10. The topological polar surface area (TPSA) is 50.4 Å². The monoisotopic (exact) mass is 390 g/mol. The van der Waals surface area contributed by atoms with Crippen LogP contribution in [0.5, 0.6) is 0 Å². The molecule has 2 heterocycles. The van der Waals surface area contributed by atoms with Crippen LogP contribution < -0.4 is 10.6 Å². The van der Waals surface area contributed by atoms with Crippen LogP contribution in [0.15, 0.2) is 36.4 Å².